The number of hydrogen-bond donors (Lipinski definition) is 20. The van der Waals surface area contributed by atoms with E-state index in [0.717, 1.165) is 71.2 Å². The first kappa shape index (κ1) is 89.5. The highest BCUT2D eigenvalue weighted by Gasteiger charge is 2.58. The summed E-state index contributed by atoms with van der Waals surface area (Å²) in [5.41, 5.74) is 21.2. The van der Waals surface area contributed by atoms with Crippen molar-refractivity contribution in [1.29, 1.82) is 0 Å². The van der Waals surface area contributed by atoms with Crippen molar-refractivity contribution in [3.05, 3.63) is 125 Å². The van der Waals surface area contributed by atoms with Crippen molar-refractivity contribution in [1.82, 2.24) is 87.2 Å². The molecule has 62 nitrogen and oxygen atoms in total. The number of imidazole rings is 3. The standard InChI is InChI=1S/C57H72N23O39P5/c58-25-1-4-75(55(91)68-25)48-32(84)37(19(8-81)110-48)115-121(96,97)105-13-24-41(36(88)52(114-24)80-17-67-31-45(80)72-54(62)74-47(31)90)119-124(102,103)107-11-22-39(34(86)50(112-22)77-6-3-27(83)70-57(77)93)117-122(98,99)108-12-23-40(35(87)51(113-23)79-16-65-29-42(60)63-14-64-43(29)79)118-123(100,101)106-10-21-38(33(85)49(111-21)76-5-2-26(59)69-56(76)92)116-120(94,95)104-9-20-18(82)7-28(109-20)78-15-66-30-44(78)71-53(61)73-46(30)89/h1-6,14-24,28,32-41,48-52,81-82,84-88H,7-13H2,(H,94,95)(H,96,97)(H,98,99)(H,100,101)(H,102,103)(H2,58,68,91)(H2,59,69,92)(H2,60,63,64)(H,70,83,93)(H3,61,71,73,89)(H3,62,72,74,90)/t18-,19+,20+,21+,22+,23+,24+,28+,32+,33+,34+,35+,36+,37+,38+,39+,40+,41+,48+,49+,50+,51+,52+/m0/s1. The SMILES string of the molecule is Nc1ccn([C@@H]2O[C@H](CO)[C@@H](OP(=O)(O)OC[C@H]3O[C@@H](n4cnc5c(=O)[nH]c(N)nc54)[C@H](O)[C@@H]3OP(=O)(O)OC[C@H]3O[C@@H](n4ccc(=O)[nH]c4=O)[C@H](O)[C@@H]3OP(=O)(O)OC[C@H]3O[C@@H](n4cnc5c(N)ncnc54)[C@H](O)[C@@H]3OP(=O)(O)OC[C@H]3O[C@@H](n4ccc(N)nc4=O)[C@H](O)[C@@H]3OP(=O)(O)OC[C@H]3O[C@@H](n4cnc5c(=O)[nH]c(N)nc54)C[C@@H]3O)[C@H]2O)c(=O)n1. The van der Waals surface area contributed by atoms with Gasteiger partial charge in [0.1, 0.15) is 127 Å². The molecule has 0 spiro atoms. The summed E-state index contributed by atoms with van der Waals surface area (Å²) >= 11 is 0. The minimum atomic E-state index is -6.02. The van der Waals surface area contributed by atoms with Crippen LogP contribution in [0.1, 0.15) is 43.8 Å². The third kappa shape index (κ3) is 18.5. The summed E-state index contributed by atoms with van der Waals surface area (Å²) in [4.78, 5) is 175. The summed E-state index contributed by atoms with van der Waals surface area (Å²) in [6, 6.07) is 2.95. The van der Waals surface area contributed by atoms with E-state index in [1.54, 1.807) is 0 Å². The minimum absolute atomic E-state index is 0.0594. The maximum absolute atomic E-state index is 14.5. The molecule has 6 fully saturated rings. The largest absolute Gasteiger partial charge is 0.472 e. The number of aromatic amines is 3. The Hall–Kier alpha value is -9.28. The second-order valence-electron chi connectivity index (χ2n) is 27.8. The van der Waals surface area contributed by atoms with Gasteiger partial charge < -0.3 is 117 Å². The number of nitrogens with two attached hydrogens (primary N) is 5. The summed E-state index contributed by atoms with van der Waals surface area (Å²) in [5, 5.41) is 80.0. The van der Waals surface area contributed by atoms with Gasteiger partial charge in [0, 0.05) is 31.1 Å². The van der Waals surface area contributed by atoms with Crippen LogP contribution in [0.15, 0.2) is 90.9 Å². The number of aromatic nitrogens is 18. The highest BCUT2D eigenvalue weighted by Crippen LogP contribution is 2.57. The summed E-state index contributed by atoms with van der Waals surface area (Å²) in [5.74, 6) is -1.60. The van der Waals surface area contributed by atoms with Crippen LogP contribution in [-0.2, 0) is 96.5 Å². The molecule has 0 saturated carbocycles. The lowest BCUT2D eigenvalue weighted by molar-refractivity contribution is -0.0658. The second-order valence-corrected chi connectivity index (χ2v) is 34.8. The number of phosphoric acid groups is 5. The predicted octanol–water partition coefficient (Wildman–Crippen LogP) is -8.49. The Morgan fingerprint density at radius 3 is 1.15 bits per heavy atom. The first-order chi connectivity index (χ1) is 58.5. The molecule has 124 heavy (non-hydrogen) atoms. The van der Waals surface area contributed by atoms with Gasteiger partial charge in [0.15, 0.2) is 64.9 Å². The van der Waals surface area contributed by atoms with Crippen LogP contribution in [-0.4, -0.2) is 291 Å². The van der Waals surface area contributed by atoms with E-state index in [-0.39, 0.29) is 52.2 Å². The zero-order valence-corrected chi connectivity index (χ0v) is 66.7. The Bertz CT molecular complexity index is 6160. The molecule has 0 radical (unpaired) electrons. The fourth-order valence-electron chi connectivity index (χ4n) is 14.1. The monoisotopic (exact) mass is 1860 g/mol. The molecular weight excluding hydrogens is 1790 g/mol. The molecule has 28 atom stereocenters. The van der Waals surface area contributed by atoms with Crippen LogP contribution in [0.3, 0.4) is 0 Å². The third-order valence-corrected chi connectivity index (χ3v) is 24.7. The van der Waals surface area contributed by atoms with Gasteiger partial charge in [-0.05, 0) is 12.1 Å². The fraction of sp³-hybridized carbons (Fsp3) is 0.526. The Balaban J connectivity index is 0.651. The maximum Gasteiger partial charge on any atom is 0.472 e. The zero-order chi connectivity index (χ0) is 88.9. The van der Waals surface area contributed by atoms with Crippen molar-refractivity contribution in [2.75, 3.05) is 68.3 Å². The molecule has 0 aromatic carbocycles. The summed E-state index contributed by atoms with van der Waals surface area (Å²) in [7, 11) is -29.2. The van der Waals surface area contributed by atoms with Crippen molar-refractivity contribution < 1.29 is 157 Å². The molecule has 0 amide bonds. The van der Waals surface area contributed by atoms with Crippen LogP contribution >= 0.6 is 39.1 Å². The molecule has 25 N–H and O–H groups in total. The van der Waals surface area contributed by atoms with Gasteiger partial charge >= 0.3 is 56.2 Å². The molecule has 67 heteroatoms. The Morgan fingerprint density at radius 2 is 0.750 bits per heavy atom. The Labute approximate surface area is 684 Å². The second kappa shape index (κ2) is 34.8. The van der Waals surface area contributed by atoms with E-state index < -0.39 is 271 Å². The number of nitrogens with zero attached hydrogens (tertiary/aromatic N) is 15. The van der Waals surface area contributed by atoms with Crippen molar-refractivity contribution >= 4 is 102 Å². The van der Waals surface area contributed by atoms with E-state index in [1.165, 1.54) is 4.57 Å². The number of rotatable bonds is 32. The summed E-state index contributed by atoms with van der Waals surface area (Å²) in [6.07, 6.45) is -40.0. The van der Waals surface area contributed by atoms with E-state index in [1.807, 2.05) is 4.98 Å². The number of nitrogens with one attached hydrogen (secondary N) is 3. The van der Waals surface area contributed by atoms with Crippen LogP contribution in [0.2, 0.25) is 0 Å². The number of phosphoric ester groups is 5. The lowest BCUT2D eigenvalue weighted by atomic mass is 10.1. The summed E-state index contributed by atoms with van der Waals surface area (Å²) in [6.45, 7) is -7.55. The molecule has 6 aliphatic heterocycles. The molecule has 6 aliphatic rings. The average Bonchev–Trinajstić information content (AvgIpc) is 1.62. The van der Waals surface area contributed by atoms with E-state index >= 15 is 0 Å². The molecule has 9 aromatic heterocycles. The molecule has 674 valence electrons. The van der Waals surface area contributed by atoms with E-state index in [2.05, 4.69) is 54.8 Å². The predicted molar refractivity (Wildman–Crippen MR) is 396 cm³/mol. The first-order valence-corrected chi connectivity index (χ1v) is 43.3. The maximum atomic E-state index is 14.5. The van der Waals surface area contributed by atoms with Crippen LogP contribution in [0, 0.1) is 0 Å². The molecule has 15 heterocycles. The van der Waals surface area contributed by atoms with E-state index in [4.69, 9.17) is 102 Å². The number of nitrogen functional groups attached to an aromatic ring is 5. The van der Waals surface area contributed by atoms with Gasteiger partial charge in [0.25, 0.3) is 16.7 Å². The number of H-pyrrole nitrogens is 3. The smallest absolute Gasteiger partial charge is 0.394 e. The van der Waals surface area contributed by atoms with Gasteiger partial charge in [0.05, 0.1) is 64.7 Å². The number of fused-ring (bicyclic) bond motifs is 3. The molecule has 15 rings (SSSR count). The molecular formula is C57H72N23O39P5. The fourth-order valence-corrected chi connectivity index (χ4v) is 18.9. The number of aliphatic hydroxyl groups is 7. The Kier molecular flexibility index (Phi) is 25.1. The molecule has 0 aliphatic carbocycles. The Morgan fingerprint density at radius 1 is 0.403 bits per heavy atom. The molecule has 9 aromatic rings. The highest BCUT2D eigenvalue weighted by atomic mass is 31.2. The first-order valence-electron chi connectivity index (χ1n) is 35.8. The molecule has 5 unspecified atom stereocenters. The normalized spacial score (nSPS) is 32.1. The lowest BCUT2D eigenvalue weighted by Gasteiger charge is -2.27. The highest BCUT2D eigenvalue weighted by molar-refractivity contribution is 7.48. The minimum Gasteiger partial charge on any atom is -0.394 e. The average molecular weight is 1860 g/mol. The third-order valence-electron chi connectivity index (χ3n) is 19.7. The van der Waals surface area contributed by atoms with Crippen LogP contribution in [0.4, 0.5) is 29.4 Å². The number of ether oxygens (including phenoxy) is 6. The van der Waals surface area contributed by atoms with Gasteiger partial charge in [-0.1, -0.05) is 0 Å². The van der Waals surface area contributed by atoms with Crippen LogP contribution in [0.5, 0.6) is 0 Å². The lowest BCUT2D eigenvalue weighted by Crippen LogP contribution is -2.39. The van der Waals surface area contributed by atoms with Gasteiger partial charge in [0.2, 0.25) is 11.9 Å². The van der Waals surface area contributed by atoms with Gasteiger partial charge in [-0.15, -0.1) is 0 Å². The van der Waals surface area contributed by atoms with Crippen molar-refractivity contribution in [2.45, 2.75) is 148 Å². The van der Waals surface area contributed by atoms with Gasteiger partial charge in [-0.25, -0.2) is 62.1 Å². The van der Waals surface area contributed by atoms with Crippen LogP contribution < -0.4 is 62.4 Å². The van der Waals surface area contributed by atoms with E-state index in [0.29, 0.717) is 13.7 Å². The van der Waals surface area contributed by atoms with Gasteiger partial charge in [-0.3, -0.25) is 102 Å². The number of aliphatic hydroxyl groups excluding tert-OH is 7. The molecule has 6 saturated heterocycles. The summed E-state index contributed by atoms with van der Waals surface area (Å²) < 4.78 is 164. The number of hydrogen-bond acceptors (Lipinski definition) is 48. The molecule has 0 bridgehead atoms. The van der Waals surface area contributed by atoms with E-state index in [9.17, 15) is 112 Å². The van der Waals surface area contributed by atoms with Crippen molar-refractivity contribution in [3.8, 4) is 0 Å². The quantitative estimate of drug-likeness (QED) is 0.0174. The number of anilines is 5. The van der Waals surface area contributed by atoms with Crippen molar-refractivity contribution in [2.24, 2.45) is 0 Å². The van der Waals surface area contributed by atoms with Crippen LogP contribution in [0.25, 0.3) is 33.5 Å². The topological polar surface area (TPSA) is 901 Å². The van der Waals surface area contributed by atoms with Crippen molar-refractivity contribution in [3.63, 3.8) is 0 Å². The zero-order valence-electron chi connectivity index (χ0n) is 62.2. The van der Waals surface area contributed by atoms with Gasteiger partial charge in [-0.2, -0.15) is 19.9 Å².